The van der Waals surface area contributed by atoms with E-state index in [4.69, 9.17) is 5.14 Å². The number of hydrogen-bond acceptors (Lipinski definition) is 3. The largest absolute Gasteiger partial charge is 0.377 e. The van der Waals surface area contributed by atoms with Crippen LogP contribution in [0.4, 0.5) is 5.69 Å². The van der Waals surface area contributed by atoms with Crippen molar-refractivity contribution >= 4 is 26.5 Å². The summed E-state index contributed by atoms with van der Waals surface area (Å²) in [5, 5.41) is 11.4. The quantitative estimate of drug-likeness (QED) is 0.655. The van der Waals surface area contributed by atoms with Gasteiger partial charge in [0.1, 0.15) is 4.90 Å². The molecular weight excluding hydrogens is 356 g/mol. The number of nitrogens with one attached hydrogen (secondary N) is 1. The minimum absolute atomic E-state index is 0.0199. The zero-order chi connectivity index (χ0) is 18.6. The van der Waals surface area contributed by atoms with Crippen molar-refractivity contribution in [3.8, 4) is 0 Å². The molecule has 0 aromatic heterocycles. The van der Waals surface area contributed by atoms with Gasteiger partial charge in [-0.3, -0.25) is 0 Å². The van der Waals surface area contributed by atoms with Gasteiger partial charge in [-0.1, -0.05) is 66.7 Å². The molecule has 136 valence electrons. The third kappa shape index (κ3) is 2.58. The first-order chi connectivity index (χ1) is 13.0. The summed E-state index contributed by atoms with van der Waals surface area (Å²) >= 11 is 0. The minimum atomic E-state index is -3.81. The van der Waals surface area contributed by atoms with Gasteiger partial charge >= 0.3 is 0 Å². The number of sulfonamides is 1. The van der Waals surface area contributed by atoms with E-state index in [-0.39, 0.29) is 16.9 Å². The summed E-state index contributed by atoms with van der Waals surface area (Å²) in [7, 11) is -3.81. The molecule has 1 aliphatic carbocycles. The Kier molecular flexibility index (Phi) is 3.64. The summed E-state index contributed by atoms with van der Waals surface area (Å²) in [6.45, 7) is 0. The van der Waals surface area contributed by atoms with Crippen molar-refractivity contribution in [2.75, 3.05) is 5.32 Å². The van der Waals surface area contributed by atoms with Crippen LogP contribution in [0.1, 0.15) is 29.5 Å². The maximum absolute atomic E-state index is 12.2. The number of benzene rings is 3. The van der Waals surface area contributed by atoms with Crippen LogP contribution < -0.4 is 10.5 Å². The number of anilines is 1. The molecule has 0 saturated carbocycles. The molecule has 0 unspecified atom stereocenters. The van der Waals surface area contributed by atoms with E-state index in [1.165, 1.54) is 16.3 Å². The van der Waals surface area contributed by atoms with Crippen LogP contribution in [0.2, 0.25) is 0 Å². The van der Waals surface area contributed by atoms with Crippen LogP contribution in [0.25, 0.3) is 10.8 Å². The third-order valence-corrected chi connectivity index (χ3v) is 6.78. The fraction of sp³-hybridized carbons (Fsp3) is 0.182. The number of nitrogens with two attached hydrogens (primary N) is 1. The van der Waals surface area contributed by atoms with E-state index in [0.29, 0.717) is 11.6 Å². The molecule has 0 fully saturated rings. The molecule has 3 aromatic rings. The lowest BCUT2D eigenvalue weighted by atomic mass is 9.76. The number of allylic oxidation sites excluding steroid dienone is 2. The second kappa shape index (κ2) is 5.94. The van der Waals surface area contributed by atoms with E-state index in [9.17, 15) is 8.42 Å². The fourth-order valence-electron chi connectivity index (χ4n) is 4.66. The monoisotopic (exact) mass is 376 g/mol. The number of hydrogen-bond donors (Lipinski definition) is 2. The smallest absolute Gasteiger partial charge is 0.240 e. The molecule has 1 heterocycles. The normalized spacial score (nSPS) is 23.7. The summed E-state index contributed by atoms with van der Waals surface area (Å²) in [6.07, 6.45) is 5.37. The molecule has 0 bridgehead atoms. The van der Waals surface area contributed by atoms with E-state index < -0.39 is 10.0 Å². The number of rotatable bonds is 2. The highest BCUT2D eigenvalue weighted by atomic mass is 32.2. The third-order valence-electron chi connectivity index (χ3n) is 5.82. The molecule has 0 amide bonds. The molecule has 0 saturated heterocycles. The highest BCUT2D eigenvalue weighted by molar-refractivity contribution is 7.89. The van der Waals surface area contributed by atoms with Crippen LogP contribution in [0.15, 0.2) is 77.7 Å². The molecule has 4 nitrogen and oxygen atoms in total. The number of primary sulfonamides is 1. The molecular formula is C22H20N2O2S. The van der Waals surface area contributed by atoms with Crippen LogP contribution in [0.3, 0.4) is 0 Å². The summed E-state index contributed by atoms with van der Waals surface area (Å²) < 4.78 is 24.3. The SMILES string of the molecule is NS(=O)(=O)c1cccc2c1N[C@H](c1cccc3ccccc13)[C@@H]1CC=C[C@H]21. The van der Waals surface area contributed by atoms with Gasteiger partial charge in [-0.15, -0.1) is 0 Å². The van der Waals surface area contributed by atoms with Crippen LogP contribution in [-0.2, 0) is 10.0 Å². The summed E-state index contributed by atoms with van der Waals surface area (Å²) in [5.74, 6) is 0.533. The Morgan fingerprint density at radius 2 is 1.67 bits per heavy atom. The van der Waals surface area contributed by atoms with E-state index >= 15 is 0 Å². The van der Waals surface area contributed by atoms with Gasteiger partial charge in [0.25, 0.3) is 0 Å². The molecule has 2 aliphatic rings. The van der Waals surface area contributed by atoms with Crippen LogP contribution in [-0.4, -0.2) is 8.42 Å². The Balaban J connectivity index is 1.73. The predicted molar refractivity (Wildman–Crippen MR) is 108 cm³/mol. The molecule has 5 rings (SSSR count). The summed E-state index contributed by atoms with van der Waals surface area (Å²) in [4.78, 5) is 0.170. The Morgan fingerprint density at radius 3 is 2.52 bits per heavy atom. The average Bonchev–Trinajstić information content (AvgIpc) is 3.16. The molecule has 0 spiro atoms. The standard InChI is InChI=1S/C22H20N2O2S/c23-27(25,26)20-13-5-12-19-16-9-4-11-18(16)21(24-22(19)20)17-10-3-7-14-6-1-2-8-15(14)17/h1-10,12-13,16,18,21,24H,11H2,(H2,23,25,26)/t16-,18+,21+/m0/s1. The zero-order valence-corrected chi connectivity index (χ0v) is 15.5. The van der Waals surface area contributed by atoms with Gasteiger partial charge in [-0.25, -0.2) is 13.6 Å². The lowest BCUT2D eigenvalue weighted by Gasteiger charge is -2.38. The van der Waals surface area contributed by atoms with Gasteiger partial charge in [0, 0.05) is 5.92 Å². The second-order valence-corrected chi connectivity index (χ2v) is 8.84. The van der Waals surface area contributed by atoms with Crippen molar-refractivity contribution in [1.29, 1.82) is 0 Å². The molecule has 3 N–H and O–H groups in total. The Labute approximate surface area is 158 Å². The lowest BCUT2D eigenvalue weighted by Crippen LogP contribution is -2.31. The zero-order valence-electron chi connectivity index (χ0n) is 14.7. The molecule has 5 heteroatoms. The van der Waals surface area contributed by atoms with Crippen molar-refractivity contribution in [2.45, 2.75) is 23.3 Å². The van der Waals surface area contributed by atoms with Crippen molar-refractivity contribution in [3.63, 3.8) is 0 Å². The van der Waals surface area contributed by atoms with Gasteiger partial charge in [-0.2, -0.15) is 0 Å². The minimum Gasteiger partial charge on any atom is -0.377 e. The van der Waals surface area contributed by atoms with Crippen LogP contribution in [0.5, 0.6) is 0 Å². The van der Waals surface area contributed by atoms with Gasteiger partial charge in [-0.05, 0) is 40.3 Å². The topological polar surface area (TPSA) is 72.2 Å². The average molecular weight is 376 g/mol. The van der Waals surface area contributed by atoms with Crippen molar-refractivity contribution < 1.29 is 8.42 Å². The van der Waals surface area contributed by atoms with Crippen molar-refractivity contribution in [2.24, 2.45) is 11.1 Å². The molecule has 0 radical (unpaired) electrons. The summed E-state index contributed by atoms with van der Waals surface area (Å²) in [5.41, 5.74) is 2.85. The Hall–Kier alpha value is -2.63. The van der Waals surface area contributed by atoms with E-state index in [1.807, 2.05) is 18.2 Å². The van der Waals surface area contributed by atoms with Crippen molar-refractivity contribution in [3.05, 3.63) is 83.9 Å². The molecule has 3 aromatic carbocycles. The Bertz CT molecular complexity index is 1180. The van der Waals surface area contributed by atoms with E-state index in [1.54, 1.807) is 12.1 Å². The summed E-state index contributed by atoms with van der Waals surface area (Å²) in [6, 6.07) is 20.0. The maximum atomic E-state index is 12.2. The lowest BCUT2D eigenvalue weighted by molar-refractivity contribution is 0.425. The maximum Gasteiger partial charge on any atom is 0.240 e. The van der Waals surface area contributed by atoms with Gasteiger partial charge in [0.05, 0.1) is 11.7 Å². The fourth-order valence-corrected chi connectivity index (χ4v) is 5.39. The van der Waals surface area contributed by atoms with Crippen LogP contribution >= 0.6 is 0 Å². The van der Waals surface area contributed by atoms with E-state index in [0.717, 1.165) is 12.0 Å². The van der Waals surface area contributed by atoms with Crippen LogP contribution in [0, 0.1) is 5.92 Å². The second-order valence-electron chi connectivity index (χ2n) is 7.31. The molecule has 3 atom stereocenters. The first-order valence-electron chi connectivity index (χ1n) is 9.10. The predicted octanol–water partition coefficient (Wildman–Crippen LogP) is 4.31. The highest BCUT2D eigenvalue weighted by Gasteiger charge is 2.40. The highest BCUT2D eigenvalue weighted by Crippen LogP contribution is 2.51. The van der Waals surface area contributed by atoms with Gasteiger partial charge in [0.15, 0.2) is 0 Å². The number of para-hydroxylation sites is 1. The molecule has 1 aliphatic heterocycles. The van der Waals surface area contributed by atoms with Crippen molar-refractivity contribution in [1.82, 2.24) is 0 Å². The Morgan fingerprint density at radius 1 is 0.926 bits per heavy atom. The van der Waals surface area contributed by atoms with Gasteiger partial charge < -0.3 is 5.32 Å². The number of fused-ring (bicyclic) bond motifs is 4. The first kappa shape index (κ1) is 16.5. The first-order valence-corrected chi connectivity index (χ1v) is 10.7. The van der Waals surface area contributed by atoms with Gasteiger partial charge in [0.2, 0.25) is 10.0 Å². The van der Waals surface area contributed by atoms with E-state index in [2.05, 4.69) is 47.8 Å². The molecule has 27 heavy (non-hydrogen) atoms.